The number of carbonyl (C=O) groups excluding carboxylic acids is 1. The average molecular weight is 334 g/mol. The van der Waals surface area contributed by atoms with Crippen LogP contribution in [-0.4, -0.2) is 29.9 Å². The van der Waals surface area contributed by atoms with Crippen LogP contribution in [0.3, 0.4) is 0 Å². The predicted molar refractivity (Wildman–Crippen MR) is 103 cm³/mol. The zero-order valence-corrected chi connectivity index (χ0v) is 14.8. The highest BCUT2D eigenvalue weighted by molar-refractivity contribution is 5.78. The Morgan fingerprint density at radius 3 is 2.84 bits per heavy atom. The Balaban J connectivity index is 1.41. The van der Waals surface area contributed by atoms with Gasteiger partial charge in [0.15, 0.2) is 0 Å². The van der Waals surface area contributed by atoms with E-state index in [-0.39, 0.29) is 11.9 Å². The quantitative estimate of drug-likeness (QED) is 0.872. The molecule has 3 rings (SSSR count). The van der Waals surface area contributed by atoms with Crippen LogP contribution in [-0.2, 0) is 11.3 Å². The number of nitrogens with one attached hydrogen (secondary N) is 1. The van der Waals surface area contributed by atoms with Crippen molar-refractivity contribution in [2.24, 2.45) is 0 Å². The number of rotatable bonds is 6. The number of hydrogen-bond acceptors (Lipinski definition) is 2. The third-order valence-electron chi connectivity index (χ3n) is 4.54. The van der Waals surface area contributed by atoms with Crippen molar-refractivity contribution in [3.8, 4) is 0 Å². The van der Waals surface area contributed by atoms with E-state index in [0.29, 0.717) is 6.42 Å². The fourth-order valence-electron chi connectivity index (χ4n) is 3.32. The maximum Gasteiger partial charge on any atom is 0.224 e. The number of carbonyl (C=O) groups is 1. The molecule has 25 heavy (non-hydrogen) atoms. The van der Waals surface area contributed by atoms with Gasteiger partial charge in [-0.05, 0) is 24.5 Å². The van der Waals surface area contributed by atoms with E-state index >= 15 is 0 Å². The maximum atomic E-state index is 12.1. The smallest absolute Gasteiger partial charge is 0.224 e. The largest absolute Gasteiger partial charge is 0.352 e. The molecule has 0 spiro atoms. The zero-order valence-electron chi connectivity index (χ0n) is 14.8. The lowest BCUT2D eigenvalue weighted by atomic mass is 10.1. The second-order valence-corrected chi connectivity index (χ2v) is 6.79. The van der Waals surface area contributed by atoms with Crippen LogP contribution in [0.1, 0.15) is 29.5 Å². The van der Waals surface area contributed by atoms with Gasteiger partial charge in [-0.1, -0.05) is 72.3 Å². The van der Waals surface area contributed by atoms with Gasteiger partial charge in [0.05, 0.1) is 0 Å². The minimum absolute atomic E-state index is 0.106. The van der Waals surface area contributed by atoms with Crippen LogP contribution in [0.5, 0.6) is 0 Å². The van der Waals surface area contributed by atoms with Gasteiger partial charge < -0.3 is 5.32 Å². The molecule has 0 saturated carbocycles. The highest BCUT2D eigenvalue weighted by Gasteiger charge is 2.23. The molecule has 0 radical (unpaired) electrons. The zero-order chi connectivity index (χ0) is 17.5. The third-order valence-corrected chi connectivity index (χ3v) is 4.54. The van der Waals surface area contributed by atoms with Crippen molar-refractivity contribution >= 4 is 12.0 Å². The number of nitrogens with zero attached hydrogens (tertiary/aromatic N) is 1. The molecule has 0 bridgehead atoms. The highest BCUT2D eigenvalue weighted by atomic mass is 16.1. The Hall–Kier alpha value is -2.39. The molecule has 1 aliphatic heterocycles. The van der Waals surface area contributed by atoms with Crippen molar-refractivity contribution in [1.29, 1.82) is 0 Å². The lowest BCUT2D eigenvalue weighted by Crippen LogP contribution is -2.36. The molecule has 1 heterocycles. The molecule has 2 aromatic rings. The maximum absolute atomic E-state index is 12.1. The summed E-state index contributed by atoms with van der Waals surface area (Å²) in [5, 5.41) is 3.16. The molecule has 1 atom stereocenters. The Kier molecular flexibility index (Phi) is 6.02. The van der Waals surface area contributed by atoms with Crippen LogP contribution < -0.4 is 5.32 Å². The van der Waals surface area contributed by atoms with Crippen LogP contribution >= 0.6 is 0 Å². The molecular weight excluding hydrogens is 308 g/mol. The summed E-state index contributed by atoms with van der Waals surface area (Å²) in [6, 6.07) is 19.0. The highest BCUT2D eigenvalue weighted by Crippen LogP contribution is 2.14. The van der Waals surface area contributed by atoms with Crippen LogP contribution in [0.15, 0.2) is 60.7 Å². The van der Waals surface area contributed by atoms with E-state index in [9.17, 15) is 4.79 Å². The first-order valence-corrected chi connectivity index (χ1v) is 8.98. The van der Waals surface area contributed by atoms with E-state index in [0.717, 1.165) is 31.6 Å². The molecule has 1 fully saturated rings. The van der Waals surface area contributed by atoms with E-state index in [2.05, 4.69) is 41.4 Å². The summed E-state index contributed by atoms with van der Waals surface area (Å²) >= 11 is 0. The topological polar surface area (TPSA) is 32.3 Å². The van der Waals surface area contributed by atoms with Gasteiger partial charge >= 0.3 is 0 Å². The second-order valence-electron chi connectivity index (χ2n) is 6.79. The predicted octanol–water partition coefficient (Wildman–Crippen LogP) is 3.79. The van der Waals surface area contributed by atoms with Crippen LogP contribution in [0, 0.1) is 6.92 Å². The van der Waals surface area contributed by atoms with Gasteiger partial charge in [-0.2, -0.15) is 0 Å². The number of benzene rings is 2. The normalized spacial score (nSPS) is 17.9. The van der Waals surface area contributed by atoms with Crippen molar-refractivity contribution in [3.05, 3.63) is 77.4 Å². The molecule has 1 aliphatic rings. The Bertz CT molecular complexity index is 724. The Morgan fingerprint density at radius 1 is 1.20 bits per heavy atom. The molecule has 130 valence electrons. The first-order valence-electron chi connectivity index (χ1n) is 8.98. The second kappa shape index (κ2) is 8.63. The van der Waals surface area contributed by atoms with Crippen LogP contribution in [0.4, 0.5) is 0 Å². The summed E-state index contributed by atoms with van der Waals surface area (Å²) in [4.78, 5) is 14.5. The molecule has 3 heteroatoms. The molecule has 0 aliphatic carbocycles. The van der Waals surface area contributed by atoms with Gasteiger partial charge in [0.2, 0.25) is 5.91 Å². The van der Waals surface area contributed by atoms with Gasteiger partial charge in [0.1, 0.15) is 0 Å². The molecule has 3 nitrogen and oxygen atoms in total. The first kappa shape index (κ1) is 17.4. The van der Waals surface area contributed by atoms with Gasteiger partial charge in [0.25, 0.3) is 0 Å². The van der Waals surface area contributed by atoms with Gasteiger partial charge in [-0.15, -0.1) is 0 Å². The number of likely N-dealkylation sites (tertiary alicyclic amines) is 1. The number of aryl methyl sites for hydroxylation is 1. The molecular formula is C22H26N2O. The van der Waals surface area contributed by atoms with E-state index in [4.69, 9.17) is 0 Å². The molecule has 2 aromatic carbocycles. The van der Waals surface area contributed by atoms with Crippen molar-refractivity contribution in [1.82, 2.24) is 10.2 Å². The SMILES string of the molecule is Cc1cccc(CN2CC[C@H](NC(=O)C/C=C/c3ccccc3)C2)c1. The summed E-state index contributed by atoms with van der Waals surface area (Å²) in [5.41, 5.74) is 3.77. The Labute approximate surface area is 150 Å². The van der Waals surface area contributed by atoms with Crippen LogP contribution in [0.2, 0.25) is 0 Å². The molecule has 1 saturated heterocycles. The standard InChI is InChI=1S/C22H26N2O/c1-18-7-5-11-20(15-18)16-24-14-13-21(17-24)23-22(25)12-6-10-19-8-3-2-4-9-19/h2-11,15,21H,12-14,16-17H2,1H3,(H,23,25)/b10-6+/t21-/m0/s1. The molecule has 1 amide bonds. The molecule has 1 N–H and O–H groups in total. The number of amides is 1. The summed E-state index contributed by atoms with van der Waals surface area (Å²) in [6.07, 6.45) is 5.39. The lowest BCUT2D eigenvalue weighted by molar-refractivity contribution is -0.120. The van der Waals surface area contributed by atoms with Crippen molar-refractivity contribution < 1.29 is 4.79 Å². The summed E-state index contributed by atoms with van der Waals surface area (Å²) in [6.45, 7) is 5.06. The average Bonchev–Trinajstić information content (AvgIpc) is 3.02. The monoisotopic (exact) mass is 334 g/mol. The third kappa shape index (κ3) is 5.57. The van der Waals surface area contributed by atoms with Crippen molar-refractivity contribution in [3.63, 3.8) is 0 Å². The summed E-state index contributed by atoms with van der Waals surface area (Å²) in [5.74, 6) is 0.106. The van der Waals surface area contributed by atoms with E-state index in [1.54, 1.807) is 0 Å². The van der Waals surface area contributed by atoms with E-state index in [1.807, 2.05) is 42.5 Å². The van der Waals surface area contributed by atoms with Crippen LogP contribution in [0.25, 0.3) is 6.08 Å². The lowest BCUT2D eigenvalue weighted by Gasteiger charge is -2.17. The van der Waals surface area contributed by atoms with Gasteiger partial charge in [-0.25, -0.2) is 0 Å². The minimum atomic E-state index is 0.106. The Morgan fingerprint density at radius 2 is 2.04 bits per heavy atom. The van der Waals surface area contributed by atoms with Gasteiger partial charge in [-0.3, -0.25) is 9.69 Å². The van der Waals surface area contributed by atoms with Crippen molar-refractivity contribution in [2.45, 2.75) is 32.4 Å². The summed E-state index contributed by atoms with van der Waals surface area (Å²) in [7, 11) is 0. The fraction of sp³-hybridized carbons (Fsp3) is 0.318. The fourth-order valence-corrected chi connectivity index (χ4v) is 3.32. The van der Waals surface area contributed by atoms with Crippen molar-refractivity contribution in [2.75, 3.05) is 13.1 Å². The minimum Gasteiger partial charge on any atom is -0.352 e. The molecule has 0 aromatic heterocycles. The first-order chi connectivity index (χ1) is 12.2. The van der Waals surface area contributed by atoms with E-state index in [1.165, 1.54) is 11.1 Å². The summed E-state index contributed by atoms with van der Waals surface area (Å²) < 4.78 is 0. The number of hydrogen-bond donors (Lipinski definition) is 1. The van der Waals surface area contributed by atoms with Gasteiger partial charge in [0, 0.05) is 32.1 Å². The van der Waals surface area contributed by atoms with E-state index < -0.39 is 0 Å². The molecule has 0 unspecified atom stereocenters.